The summed E-state index contributed by atoms with van der Waals surface area (Å²) in [5.41, 5.74) is -0.679. The van der Waals surface area contributed by atoms with E-state index in [0.29, 0.717) is 13.0 Å². The van der Waals surface area contributed by atoms with Gasteiger partial charge in [-0.3, -0.25) is 0 Å². The van der Waals surface area contributed by atoms with Gasteiger partial charge in [-0.15, -0.1) is 0 Å². The Morgan fingerprint density at radius 3 is 2.43 bits per heavy atom. The fraction of sp³-hybridized carbons (Fsp3) is 1.00. The van der Waals surface area contributed by atoms with E-state index >= 15 is 0 Å². The second kappa shape index (κ2) is 10.1. The van der Waals surface area contributed by atoms with Gasteiger partial charge in [0.05, 0.1) is 43.7 Å². The first-order valence-corrected chi connectivity index (χ1v) is 12.8. The lowest BCUT2D eigenvalue weighted by Crippen LogP contribution is -2.42. The van der Waals surface area contributed by atoms with Crippen molar-refractivity contribution in [3.8, 4) is 0 Å². The highest BCUT2D eigenvalue weighted by Crippen LogP contribution is 2.50. The molecule has 0 aromatic carbocycles. The molecule has 2 heterocycles. The molecule has 2 fully saturated rings. The molecule has 2 unspecified atom stereocenters. The first-order chi connectivity index (χ1) is 12.9. The van der Waals surface area contributed by atoms with Crippen molar-refractivity contribution in [3.63, 3.8) is 0 Å². The van der Waals surface area contributed by atoms with Crippen LogP contribution in [0.25, 0.3) is 0 Å². The number of hydrogen-bond donors (Lipinski definition) is 1. The van der Waals surface area contributed by atoms with Crippen LogP contribution in [-0.4, -0.2) is 66.4 Å². The zero-order valence-electron chi connectivity index (χ0n) is 18.1. The number of ether oxygens (including phenoxy) is 4. The SMILES string of the molecule is CC(C)OC[C@@]1(C)O[C@@H](C)C[C@H]1OP(O)(=S)OC[C@H]1O[C@@H](C)CC1OC(C)C. The Morgan fingerprint density at radius 1 is 1.14 bits per heavy atom. The molecule has 0 amide bonds. The van der Waals surface area contributed by atoms with Crippen molar-refractivity contribution in [2.24, 2.45) is 0 Å². The van der Waals surface area contributed by atoms with Gasteiger partial charge in [-0.2, -0.15) is 0 Å². The largest absolute Gasteiger partial charge is 0.376 e. The minimum Gasteiger partial charge on any atom is -0.376 e. The Kier molecular flexibility index (Phi) is 8.90. The molecule has 2 rings (SSSR count). The minimum atomic E-state index is -3.47. The molecule has 0 aromatic heterocycles. The monoisotopic (exact) mass is 440 g/mol. The number of hydrogen-bond acceptors (Lipinski definition) is 7. The Bertz CT molecular complexity index is 546. The van der Waals surface area contributed by atoms with Gasteiger partial charge in [-0.25, -0.2) is 0 Å². The molecule has 7 atom stereocenters. The zero-order chi connectivity index (χ0) is 21.1. The highest BCUT2D eigenvalue weighted by Gasteiger charge is 2.47. The Labute approximate surface area is 174 Å². The maximum atomic E-state index is 10.7. The normalized spacial score (nSPS) is 38.4. The van der Waals surface area contributed by atoms with E-state index in [9.17, 15) is 4.89 Å². The predicted octanol–water partition coefficient (Wildman–Crippen LogP) is 3.57. The molecule has 1 N–H and O–H groups in total. The van der Waals surface area contributed by atoms with Gasteiger partial charge in [0.25, 0.3) is 0 Å². The van der Waals surface area contributed by atoms with Crippen molar-refractivity contribution in [1.82, 2.24) is 0 Å². The molecule has 2 aliphatic heterocycles. The van der Waals surface area contributed by atoms with E-state index < -0.39 is 18.4 Å². The summed E-state index contributed by atoms with van der Waals surface area (Å²) in [5, 5.41) is 0. The minimum absolute atomic E-state index is 0.0106. The van der Waals surface area contributed by atoms with Crippen LogP contribution in [0.4, 0.5) is 0 Å². The van der Waals surface area contributed by atoms with Crippen LogP contribution in [0.5, 0.6) is 0 Å². The van der Waals surface area contributed by atoms with E-state index in [4.69, 9.17) is 39.8 Å². The molecular weight excluding hydrogens is 403 g/mol. The first kappa shape index (κ1) is 24.6. The van der Waals surface area contributed by atoms with Crippen LogP contribution >= 0.6 is 6.72 Å². The van der Waals surface area contributed by atoms with E-state index in [0.717, 1.165) is 6.42 Å². The summed E-state index contributed by atoms with van der Waals surface area (Å²) >= 11 is 5.28. The van der Waals surface area contributed by atoms with E-state index in [1.54, 1.807) is 0 Å². The summed E-state index contributed by atoms with van der Waals surface area (Å²) in [4.78, 5) is 10.7. The average Bonchev–Trinajstić information content (AvgIpc) is 3.02. The molecule has 166 valence electrons. The lowest BCUT2D eigenvalue weighted by molar-refractivity contribution is -0.119. The molecular formula is C19H37O7PS. The lowest BCUT2D eigenvalue weighted by atomic mass is 10.00. The summed E-state index contributed by atoms with van der Waals surface area (Å²) < 4.78 is 35.1. The fourth-order valence-corrected chi connectivity index (χ4v) is 5.19. The topological polar surface area (TPSA) is 75.6 Å². The standard InChI is InChI=1S/C19H37O7PS/c1-12(2)21-11-19(7)18(9-15(6)25-19)26-27(20,28)22-10-17-16(23-13(3)4)8-14(5)24-17/h12-18H,8-11H2,1-7H3,(H,20,28)/t14-,15-,16?,17+,18+,19+,27?/m0/s1. The molecule has 7 nitrogen and oxygen atoms in total. The van der Waals surface area contributed by atoms with Crippen LogP contribution in [0.15, 0.2) is 0 Å². The summed E-state index contributed by atoms with van der Waals surface area (Å²) in [5.74, 6) is 0. The molecule has 0 bridgehead atoms. The van der Waals surface area contributed by atoms with Crippen molar-refractivity contribution in [2.75, 3.05) is 13.2 Å². The van der Waals surface area contributed by atoms with Gasteiger partial charge in [0, 0.05) is 12.8 Å². The average molecular weight is 441 g/mol. The highest BCUT2D eigenvalue weighted by atomic mass is 32.5. The highest BCUT2D eigenvalue weighted by molar-refractivity contribution is 8.07. The van der Waals surface area contributed by atoms with Crippen LogP contribution in [0.2, 0.25) is 0 Å². The summed E-state index contributed by atoms with van der Waals surface area (Å²) in [6.07, 6.45) is 0.894. The van der Waals surface area contributed by atoms with Gasteiger partial charge < -0.3 is 32.9 Å². The van der Waals surface area contributed by atoms with Crippen LogP contribution in [0.1, 0.15) is 61.3 Å². The lowest BCUT2D eigenvalue weighted by Gasteiger charge is -2.33. The third-order valence-corrected chi connectivity index (χ3v) is 6.47. The van der Waals surface area contributed by atoms with Crippen LogP contribution < -0.4 is 0 Å². The molecule has 2 aliphatic rings. The summed E-state index contributed by atoms with van der Waals surface area (Å²) in [7, 11) is 0. The van der Waals surface area contributed by atoms with Gasteiger partial charge in [-0.05, 0) is 60.3 Å². The third kappa shape index (κ3) is 7.25. The second-order valence-corrected chi connectivity index (χ2v) is 11.4. The molecule has 2 saturated heterocycles. The molecule has 28 heavy (non-hydrogen) atoms. The number of rotatable bonds is 10. The van der Waals surface area contributed by atoms with Crippen molar-refractivity contribution in [2.45, 2.75) is 110 Å². The van der Waals surface area contributed by atoms with E-state index in [-0.39, 0.29) is 43.2 Å². The Morgan fingerprint density at radius 2 is 1.82 bits per heavy atom. The van der Waals surface area contributed by atoms with Crippen molar-refractivity contribution in [1.29, 1.82) is 0 Å². The van der Waals surface area contributed by atoms with Crippen molar-refractivity contribution >= 4 is 18.5 Å². The van der Waals surface area contributed by atoms with Crippen LogP contribution in [0, 0.1) is 0 Å². The van der Waals surface area contributed by atoms with Crippen LogP contribution in [0.3, 0.4) is 0 Å². The maximum absolute atomic E-state index is 10.7. The molecule has 0 aromatic rings. The Hall–Kier alpha value is 0.370. The zero-order valence-corrected chi connectivity index (χ0v) is 19.8. The van der Waals surface area contributed by atoms with Gasteiger partial charge in [0.2, 0.25) is 0 Å². The summed E-state index contributed by atoms with van der Waals surface area (Å²) in [6.45, 7) is 10.8. The van der Waals surface area contributed by atoms with E-state index in [1.807, 2.05) is 48.5 Å². The first-order valence-electron chi connectivity index (χ1n) is 10.2. The quantitative estimate of drug-likeness (QED) is 0.517. The Balaban J connectivity index is 1.93. The van der Waals surface area contributed by atoms with Gasteiger partial charge in [0.15, 0.2) is 0 Å². The fourth-order valence-electron chi connectivity index (χ4n) is 3.67. The molecule has 0 saturated carbocycles. The van der Waals surface area contributed by atoms with Gasteiger partial charge in [-0.1, -0.05) is 0 Å². The van der Waals surface area contributed by atoms with E-state index in [1.165, 1.54) is 0 Å². The van der Waals surface area contributed by atoms with Gasteiger partial charge in [0.1, 0.15) is 17.8 Å². The third-order valence-electron chi connectivity index (χ3n) is 4.90. The summed E-state index contributed by atoms with van der Waals surface area (Å²) in [6, 6.07) is 0. The van der Waals surface area contributed by atoms with Crippen molar-refractivity contribution in [3.05, 3.63) is 0 Å². The molecule has 0 radical (unpaired) electrons. The smallest absolute Gasteiger partial charge is 0.324 e. The van der Waals surface area contributed by atoms with Gasteiger partial charge >= 0.3 is 6.72 Å². The predicted molar refractivity (Wildman–Crippen MR) is 111 cm³/mol. The molecule has 9 heteroatoms. The molecule has 0 aliphatic carbocycles. The molecule has 0 spiro atoms. The van der Waals surface area contributed by atoms with E-state index in [2.05, 4.69) is 0 Å². The van der Waals surface area contributed by atoms with Crippen LogP contribution in [-0.2, 0) is 39.8 Å². The second-order valence-electron chi connectivity index (χ2n) is 8.64. The maximum Gasteiger partial charge on any atom is 0.324 e. The van der Waals surface area contributed by atoms with Crippen molar-refractivity contribution < 1.29 is 32.9 Å².